The standard InChI is InChI=1S/C14H17F3N2O2/c1-8-5-10(6-11(12(8)18)13(20)21-2)19(9-3-4-9)7-14(15,16)17/h5-6,9H,3-4,7,18H2,1-2H3. The molecule has 1 aliphatic carbocycles. The van der Waals surface area contributed by atoms with Crippen molar-refractivity contribution in [2.24, 2.45) is 0 Å². The maximum atomic E-state index is 12.7. The molecule has 0 saturated heterocycles. The lowest BCUT2D eigenvalue weighted by Gasteiger charge is -2.27. The van der Waals surface area contributed by atoms with Gasteiger partial charge in [-0.05, 0) is 37.5 Å². The third kappa shape index (κ3) is 3.59. The summed E-state index contributed by atoms with van der Waals surface area (Å²) in [6.45, 7) is 0.617. The molecule has 2 rings (SSSR count). The second kappa shape index (κ2) is 5.46. The van der Waals surface area contributed by atoms with Crippen LogP contribution >= 0.6 is 0 Å². The van der Waals surface area contributed by atoms with Crippen molar-refractivity contribution >= 4 is 17.3 Å². The van der Waals surface area contributed by atoms with Crippen molar-refractivity contribution in [2.75, 3.05) is 24.3 Å². The molecule has 1 saturated carbocycles. The van der Waals surface area contributed by atoms with Crippen molar-refractivity contribution < 1.29 is 22.7 Å². The van der Waals surface area contributed by atoms with E-state index in [1.807, 2.05) is 0 Å². The van der Waals surface area contributed by atoms with Crippen molar-refractivity contribution in [3.63, 3.8) is 0 Å². The quantitative estimate of drug-likeness (QED) is 0.686. The van der Waals surface area contributed by atoms with Crippen LogP contribution in [0.1, 0.15) is 28.8 Å². The minimum Gasteiger partial charge on any atom is -0.465 e. The first-order valence-corrected chi connectivity index (χ1v) is 6.54. The van der Waals surface area contributed by atoms with Crippen LogP contribution in [0, 0.1) is 6.92 Å². The molecule has 1 aromatic rings. The van der Waals surface area contributed by atoms with E-state index in [1.54, 1.807) is 13.0 Å². The number of esters is 1. The second-order valence-electron chi connectivity index (χ2n) is 5.19. The normalized spacial score (nSPS) is 14.9. The zero-order valence-electron chi connectivity index (χ0n) is 11.8. The number of ether oxygens (including phenoxy) is 1. The topological polar surface area (TPSA) is 55.6 Å². The molecule has 0 bridgehead atoms. The first-order valence-electron chi connectivity index (χ1n) is 6.54. The van der Waals surface area contributed by atoms with Crippen LogP contribution in [0.15, 0.2) is 12.1 Å². The third-order valence-corrected chi connectivity index (χ3v) is 3.45. The summed E-state index contributed by atoms with van der Waals surface area (Å²) in [5.41, 5.74) is 7.04. The van der Waals surface area contributed by atoms with Gasteiger partial charge in [-0.25, -0.2) is 4.79 Å². The summed E-state index contributed by atoms with van der Waals surface area (Å²) in [6.07, 6.45) is -2.87. The van der Waals surface area contributed by atoms with Crippen LogP contribution in [0.25, 0.3) is 0 Å². The summed E-state index contributed by atoms with van der Waals surface area (Å²) < 4.78 is 42.8. The minimum absolute atomic E-state index is 0.0975. The Balaban J connectivity index is 2.41. The molecule has 116 valence electrons. The molecule has 1 aromatic carbocycles. The summed E-state index contributed by atoms with van der Waals surface area (Å²) in [6, 6.07) is 2.81. The fourth-order valence-corrected chi connectivity index (χ4v) is 2.23. The highest BCUT2D eigenvalue weighted by Crippen LogP contribution is 2.36. The Labute approximate surface area is 120 Å². The van der Waals surface area contributed by atoms with Crippen LogP contribution in [0.3, 0.4) is 0 Å². The van der Waals surface area contributed by atoms with Crippen molar-refractivity contribution in [2.45, 2.75) is 32.0 Å². The first-order chi connectivity index (χ1) is 9.73. The molecule has 1 fully saturated rings. The number of methoxy groups -OCH3 is 1. The molecule has 0 unspecified atom stereocenters. The molecular weight excluding hydrogens is 285 g/mol. The Hall–Kier alpha value is -1.92. The highest BCUT2D eigenvalue weighted by Gasteiger charge is 2.38. The summed E-state index contributed by atoms with van der Waals surface area (Å²) in [5.74, 6) is -0.653. The first kappa shape index (κ1) is 15.5. The number of hydrogen-bond acceptors (Lipinski definition) is 4. The number of hydrogen-bond donors (Lipinski definition) is 1. The van der Waals surface area contributed by atoms with Crippen molar-refractivity contribution in [3.8, 4) is 0 Å². The van der Waals surface area contributed by atoms with Crippen LogP contribution in [-0.2, 0) is 4.74 Å². The molecule has 0 heterocycles. The predicted octanol–water partition coefficient (Wildman–Crippen LogP) is 2.89. The van der Waals surface area contributed by atoms with Gasteiger partial charge in [-0.15, -0.1) is 0 Å². The van der Waals surface area contributed by atoms with Crippen molar-refractivity contribution in [1.82, 2.24) is 0 Å². The number of alkyl halides is 3. The Morgan fingerprint density at radius 2 is 2.05 bits per heavy atom. The zero-order valence-corrected chi connectivity index (χ0v) is 11.8. The molecule has 0 atom stereocenters. The van der Waals surface area contributed by atoms with Gasteiger partial charge in [-0.3, -0.25) is 0 Å². The monoisotopic (exact) mass is 302 g/mol. The molecule has 7 heteroatoms. The molecule has 0 radical (unpaired) electrons. The van der Waals surface area contributed by atoms with Crippen LogP contribution in [-0.4, -0.2) is 31.8 Å². The lowest BCUT2D eigenvalue weighted by molar-refractivity contribution is -0.120. The van der Waals surface area contributed by atoms with E-state index in [9.17, 15) is 18.0 Å². The fraction of sp³-hybridized carbons (Fsp3) is 0.500. The fourth-order valence-electron chi connectivity index (χ4n) is 2.23. The number of carbonyl (C=O) groups excluding carboxylic acids is 1. The van der Waals surface area contributed by atoms with E-state index in [2.05, 4.69) is 4.74 Å². The van der Waals surface area contributed by atoms with Crippen LogP contribution in [0.5, 0.6) is 0 Å². The Morgan fingerprint density at radius 3 is 2.52 bits per heavy atom. The third-order valence-electron chi connectivity index (χ3n) is 3.45. The van der Waals surface area contributed by atoms with Gasteiger partial charge in [0.05, 0.1) is 12.7 Å². The minimum atomic E-state index is -4.30. The summed E-state index contributed by atoms with van der Waals surface area (Å²) in [5, 5.41) is 0. The molecule has 0 amide bonds. The Kier molecular flexibility index (Phi) is 4.02. The molecule has 1 aliphatic rings. The predicted molar refractivity (Wildman–Crippen MR) is 73.4 cm³/mol. The van der Waals surface area contributed by atoms with Crippen molar-refractivity contribution in [3.05, 3.63) is 23.3 Å². The number of anilines is 2. The molecule has 0 spiro atoms. The van der Waals surface area contributed by atoms with Gasteiger partial charge in [0, 0.05) is 17.4 Å². The summed E-state index contributed by atoms with van der Waals surface area (Å²) >= 11 is 0. The number of nitrogens with zero attached hydrogens (tertiary/aromatic N) is 1. The van der Waals surface area contributed by atoms with E-state index in [0.29, 0.717) is 24.1 Å². The molecule has 0 aliphatic heterocycles. The number of rotatable bonds is 4. The highest BCUT2D eigenvalue weighted by atomic mass is 19.4. The van der Waals surface area contributed by atoms with E-state index >= 15 is 0 Å². The van der Waals surface area contributed by atoms with Crippen molar-refractivity contribution in [1.29, 1.82) is 0 Å². The number of benzene rings is 1. The van der Waals surface area contributed by atoms with Gasteiger partial charge >= 0.3 is 12.1 Å². The van der Waals surface area contributed by atoms with Gasteiger partial charge in [-0.1, -0.05) is 0 Å². The number of nitrogen functional groups attached to an aromatic ring is 1. The van der Waals surface area contributed by atoms with Gasteiger partial charge in [0.25, 0.3) is 0 Å². The van der Waals surface area contributed by atoms with E-state index in [1.165, 1.54) is 18.1 Å². The number of nitrogens with two attached hydrogens (primary N) is 1. The largest absolute Gasteiger partial charge is 0.465 e. The Morgan fingerprint density at radius 1 is 1.43 bits per heavy atom. The molecule has 0 aromatic heterocycles. The number of carbonyl (C=O) groups is 1. The Bertz CT molecular complexity index is 554. The zero-order chi connectivity index (χ0) is 15.8. The van der Waals surface area contributed by atoms with Gasteiger partial charge in [-0.2, -0.15) is 13.2 Å². The molecule has 21 heavy (non-hydrogen) atoms. The second-order valence-corrected chi connectivity index (χ2v) is 5.19. The summed E-state index contributed by atoms with van der Waals surface area (Å²) in [7, 11) is 1.21. The summed E-state index contributed by atoms with van der Waals surface area (Å²) in [4.78, 5) is 13.0. The molecule has 4 nitrogen and oxygen atoms in total. The van der Waals surface area contributed by atoms with Gasteiger partial charge < -0.3 is 15.4 Å². The van der Waals surface area contributed by atoms with E-state index in [4.69, 9.17) is 5.73 Å². The molecular formula is C14H17F3N2O2. The average molecular weight is 302 g/mol. The lowest BCUT2D eigenvalue weighted by Crippen LogP contribution is -2.36. The van der Waals surface area contributed by atoms with E-state index < -0.39 is 18.7 Å². The van der Waals surface area contributed by atoms with Gasteiger partial charge in [0.15, 0.2) is 0 Å². The SMILES string of the molecule is COC(=O)c1cc(N(CC(F)(F)F)C2CC2)cc(C)c1N. The maximum absolute atomic E-state index is 12.7. The molecule has 2 N–H and O–H groups in total. The van der Waals surface area contributed by atoms with Crippen LogP contribution in [0.2, 0.25) is 0 Å². The lowest BCUT2D eigenvalue weighted by atomic mass is 10.1. The number of aryl methyl sites for hydroxylation is 1. The van der Waals surface area contributed by atoms with Gasteiger partial charge in [0.1, 0.15) is 6.54 Å². The van der Waals surface area contributed by atoms with Crippen LogP contribution < -0.4 is 10.6 Å². The van der Waals surface area contributed by atoms with Crippen LogP contribution in [0.4, 0.5) is 24.5 Å². The highest BCUT2D eigenvalue weighted by molar-refractivity contribution is 5.97. The smallest absolute Gasteiger partial charge is 0.405 e. The average Bonchev–Trinajstić information content (AvgIpc) is 3.21. The van der Waals surface area contributed by atoms with Gasteiger partial charge in [0.2, 0.25) is 0 Å². The van der Waals surface area contributed by atoms with E-state index in [0.717, 1.165) is 0 Å². The van der Waals surface area contributed by atoms with E-state index in [-0.39, 0.29) is 17.3 Å². The number of halogens is 3. The maximum Gasteiger partial charge on any atom is 0.405 e.